The van der Waals surface area contributed by atoms with Crippen molar-refractivity contribution in [3.05, 3.63) is 36.0 Å². The number of piperazine rings is 1. The number of aliphatic imine (C=N–C) groups is 1. The summed E-state index contributed by atoms with van der Waals surface area (Å²) in [5.74, 6) is 1.03. The number of halogens is 1. The third-order valence-corrected chi connectivity index (χ3v) is 4.53. The average Bonchev–Trinajstić information content (AvgIpc) is 3.30. The van der Waals surface area contributed by atoms with Crippen LogP contribution in [0.1, 0.15) is 24.6 Å². The van der Waals surface area contributed by atoms with Crippen molar-refractivity contribution in [2.75, 3.05) is 39.3 Å². The molecule has 0 bridgehead atoms. The van der Waals surface area contributed by atoms with E-state index >= 15 is 0 Å². The lowest BCUT2D eigenvalue weighted by Gasteiger charge is -2.36. The predicted octanol–water partition coefficient (Wildman–Crippen LogP) is 1.74. The lowest BCUT2D eigenvalue weighted by atomic mass is 10.2. The molecule has 27 heavy (non-hydrogen) atoms. The molecule has 0 radical (unpaired) electrons. The maximum Gasteiger partial charge on any atom is 0.194 e. The van der Waals surface area contributed by atoms with E-state index in [9.17, 15) is 0 Å². The molecular formula is C18H30IN7O. The number of nitrogens with one attached hydrogen (secondary N) is 1. The molecule has 1 aliphatic heterocycles. The molecule has 1 N–H and O–H groups in total. The van der Waals surface area contributed by atoms with Gasteiger partial charge in [0.2, 0.25) is 0 Å². The minimum atomic E-state index is 0. The standard InChI is InChI=1S/C18H29N7O.HI/c1-3-19-18(20-7-4-5-16-13-21-23(2)14-16)25-10-8-24(9-11-25)15-17-6-12-26-22-17;/h6,12-14H,3-5,7-11,15H2,1-2H3,(H,19,20);1H. The molecule has 150 valence electrons. The molecule has 2 aromatic rings. The van der Waals surface area contributed by atoms with Gasteiger partial charge in [0.1, 0.15) is 6.26 Å². The monoisotopic (exact) mass is 487 g/mol. The Labute approximate surface area is 178 Å². The highest BCUT2D eigenvalue weighted by Gasteiger charge is 2.20. The normalized spacial score (nSPS) is 15.6. The van der Waals surface area contributed by atoms with Gasteiger partial charge in [-0.25, -0.2) is 0 Å². The van der Waals surface area contributed by atoms with E-state index in [4.69, 9.17) is 9.52 Å². The first kappa shape index (κ1) is 21.7. The molecule has 2 aromatic heterocycles. The van der Waals surface area contributed by atoms with Gasteiger partial charge in [0, 0.05) is 65.1 Å². The van der Waals surface area contributed by atoms with E-state index in [-0.39, 0.29) is 24.0 Å². The Morgan fingerprint density at radius 3 is 2.74 bits per heavy atom. The summed E-state index contributed by atoms with van der Waals surface area (Å²) >= 11 is 0. The summed E-state index contributed by atoms with van der Waals surface area (Å²) < 4.78 is 6.76. The van der Waals surface area contributed by atoms with Gasteiger partial charge in [-0.3, -0.25) is 14.6 Å². The van der Waals surface area contributed by atoms with Crippen molar-refractivity contribution in [1.29, 1.82) is 0 Å². The van der Waals surface area contributed by atoms with Crippen LogP contribution in [0, 0.1) is 0 Å². The Bertz CT molecular complexity index is 678. The van der Waals surface area contributed by atoms with Crippen molar-refractivity contribution in [3.8, 4) is 0 Å². The number of aryl methyl sites for hydroxylation is 2. The van der Waals surface area contributed by atoms with Crippen LogP contribution in [0.15, 0.2) is 34.2 Å². The Hall–Kier alpha value is -1.62. The zero-order chi connectivity index (χ0) is 18.2. The number of rotatable bonds is 7. The van der Waals surface area contributed by atoms with Crippen LogP contribution in [0.3, 0.4) is 0 Å². The van der Waals surface area contributed by atoms with Crippen molar-refractivity contribution in [3.63, 3.8) is 0 Å². The van der Waals surface area contributed by atoms with Gasteiger partial charge < -0.3 is 14.7 Å². The molecular weight excluding hydrogens is 457 g/mol. The van der Waals surface area contributed by atoms with E-state index in [2.05, 4.69) is 38.5 Å². The van der Waals surface area contributed by atoms with Crippen LogP contribution in [0.2, 0.25) is 0 Å². The van der Waals surface area contributed by atoms with E-state index in [1.807, 2.05) is 24.0 Å². The van der Waals surface area contributed by atoms with E-state index in [0.29, 0.717) is 0 Å². The van der Waals surface area contributed by atoms with Crippen molar-refractivity contribution in [2.24, 2.45) is 12.0 Å². The maximum absolute atomic E-state index is 4.91. The molecule has 3 heterocycles. The fraction of sp³-hybridized carbons (Fsp3) is 0.611. The largest absolute Gasteiger partial charge is 0.364 e. The third kappa shape index (κ3) is 6.80. The fourth-order valence-corrected chi connectivity index (χ4v) is 3.16. The molecule has 1 aliphatic rings. The second-order valence-corrected chi connectivity index (χ2v) is 6.62. The zero-order valence-corrected chi connectivity index (χ0v) is 18.5. The number of aromatic nitrogens is 3. The van der Waals surface area contributed by atoms with Gasteiger partial charge in [-0.15, -0.1) is 24.0 Å². The highest BCUT2D eigenvalue weighted by Crippen LogP contribution is 2.08. The minimum Gasteiger partial charge on any atom is -0.364 e. The van der Waals surface area contributed by atoms with Crippen LogP contribution in [-0.4, -0.2) is 70.0 Å². The van der Waals surface area contributed by atoms with Gasteiger partial charge in [-0.2, -0.15) is 5.10 Å². The molecule has 0 aliphatic carbocycles. The molecule has 8 nitrogen and oxygen atoms in total. The maximum atomic E-state index is 4.91. The molecule has 0 amide bonds. The number of hydrogen-bond donors (Lipinski definition) is 1. The summed E-state index contributed by atoms with van der Waals surface area (Å²) in [5.41, 5.74) is 2.27. The molecule has 0 spiro atoms. The Morgan fingerprint density at radius 2 is 2.11 bits per heavy atom. The first-order valence-corrected chi connectivity index (χ1v) is 9.37. The molecule has 0 unspecified atom stereocenters. The van der Waals surface area contributed by atoms with Crippen molar-refractivity contribution < 1.29 is 4.52 Å². The summed E-state index contributed by atoms with van der Waals surface area (Å²) in [7, 11) is 1.95. The van der Waals surface area contributed by atoms with Crippen LogP contribution >= 0.6 is 24.0 Å². The average molecular weight is 487 g/mol. The summed E-state index contributed by atoms with van der Waals surface area (Å²) in [5, 5.41) is 11.6. The molecule has 0 aromatic carbocycles. The van der Waals surface area contributed by atoms with Gasteiger partial charge in [0.15, 0.2) is 5.96 Å². The van der Waals surface area contributed by atoms with Crippen molar-refractivity contribution >= 4 is 29.9 Å². The van der Waals surface area contributed by atoms with Gasteiger partial charge >= 0.3 is 0 Å². The summed E-state index contributed by atoms with van der Waals surface area (Å²) in [6, 6.07) is 1.93. The summed E-state index contributed by atoms with van der Waals surface area (Å²) in [6.45, 7) is 8.66. The first-order chi connectivity index (χ1) is 12.7. The zero-order valence-electron chi connectivity index (χ0n) is 16.2. The van der Waals surface area contributed by atoms with Crippen LogP contribution < -0.4 is 5.32 Å². The number of hydrogen-bond acceptors (Lipinski definition) is 5. The predicted molar refractivity (Wildman–Crippen MR) is 116 cm³/mol. The van der Waals surface area contributed by atoms with Crippen molar-refractivity contribution in [1.82, 2.24) is 30.1 Å². The van der Waals surface area contributed by atoms with Crippen LogP contribution in [0.25, 0.3) is 0 Å². The van der Waals surface area contributed by atoms with E-state index in [1.54, 1.807) is 6.26 Å². The summed E-state index contributed by atoms with van der Waals surface area (Å²) in [6.07, 6.45) is 7.69. The smallest absolute Gasteiger partial charge is 0.194 e. The highest BCUT2D eigenvalue weighted by molar-refractivity contribution is 14.0. The molecule has 3 rings (SSSR count). The van der Waals surface area contributed by atoms with Gasteiger partial charge in [-0.1, -0.05) is 5.16 Å². The topological polar surface area (TPSA) is 74.7 Å². The molecule has 1 saturated heterocycles. The molecule has 0 saturated carbocycles. The van der Waals surface area contributed by atoms with Gasteiger partial charge in [0.25, 0.3) is 0 Å². The highest BCUT2D eigenvalue weighted by atomic mass is 127. The Kier molecular flexibility index (Phi) is 9.05. The minimum absolute atomic E-state index is 0. The quantitative estimate of drug-likeness (QED) is 0.278. The van der Waals surface area contributed by atoms with Crippen LogP contribution in [-0.2, 0) is 20.0 Å². The van der Waals surface area contributed by atoms with E-state index < -0.39 is 0 Å². The van der Waals surface area contributed by atoms with Crippen LogP contribution in [0.4, 0.5) is 0 Å². The molecule has 9 heteroatoms. The third-order valence-electron chi connectivity index (χ3n) is 4.53. The SMILES string of the molecule is CCNC(=NCCCc1cnn(C)c1)N1CCN(Cc2ccon2)CC1.I. The van der Waals surface area contributed by atoms with Crippen LogP contribution in [0.5, 0.6) is 0 Å². The summed E-state index contributed by atoms with van der Waals surface area (Å²) in [4.78, 5) is 9.58. The van der Waals surface area contributed by atoms with Gasteiger partial charge in [0.05, 0.1) is 11.9 Å². The molecule has 1 fully saturated rings. The lowest BCUT2D eigenvalue weighted by molar-refractivity contribution is 0.169. The first-order valence-electron chi connectivity index (χ1n) is 9.37. The second-order valence-electron chi connectivity index (χ2n) is 6.62. The molecule has 0 atom stereocenters. The van der Waals surface area contributed by atoms with E-state index in [0.717, 1.165) is 70.3 Å². The Balaban J connectivity index is 0.00000261. The lowest BCUT2D eigenvalue weighted by Crippen LogP contribution is -2.52. The Morgan fingerprint density at radius 1 is 1.30 bits per heavy atom. The second kappa shape index (κ2) is 11.3. The number of nitrogens with zero attached hydrogens (tertiary/aromatic N) is 6. The fourth-order valence-electron chi connectivity index (χ4n) is 3.16. The van der Waals surface area contributed by atoms with Crippen molar-refractivity contribution in [2.45, 2.75) is 26.3 Å². The number of guanidine groups is 1. The van der Waals surface area contributed by atoms with E-state index in [1.165, 1.54) is 5.56 Å². The van der Waals surface area contributed by atoms with Gasteiger partial charge in [-0.05, 0) is 25.3 Å².